The molecule has 5 nitrogen and oxygen atoms in total. The molecule has 0 aromatic rings. The molecule has 1 aliphatic heterocycles. The second-order valence-corrected chi connectivity index (χ2v) is 7.51. The van der Waals surface area contributed by atoms with Crippen molar-refractivity contribution < 1.29 is 9.59 Å². The fourth-order valence-electron chi connectivity index (χ4n) is 2.71. The van der Waals surface area contributed by atoms with Gasteiger partial charge < -0.3 is 15.1 Å². The SMILES string of the molecule is CC(C)(C)CNC(=O)N1CCCN(C(=O)C2CCC2)CC1. The minimum absolute atomic E-state index is 0.00266. The van der Waals surface area contributed by atoms with Crippen LogP contribution in [0.3, 0.4) is 0 Å². The standard InChI is InChI=1S/C16H29N3O2/c1-16(2,3)12-17-15(21)19-9-5-8-18(10-11-19)14(20)13-6-4-7-13/h13H,4-12H2,1-3H3,(H,17,21). The maximum Gasteiger partial charge on any atom is 0.317 e. The summed E-state index contributed by atoms with van der Waals surface area (Å²) in [5, 5.41) is 2.99. The van der Waals surface area contributed by atoms with E-state index in [1.54, 1.807) is 0 Å². The van der Waals surface area contributed by atoms with Gasteiger partial charge in [0.1, 0.15) is 0 Å². The molecule has 1 N–H and O–H groups in total. The molecule has 0 spiro atoms. The zero-order valence-corrected chi connectivity index (χ0v) is 13.7. The Bertz CT molecular complexity index is 385. The Labute approximate surface area is 128 Å². The molecule has 3 amide bonds. The van der Waals surface area contributed by atoms with Gasteiger partial charge in [0.15, 0.2) is 0 Å². The van der Waals surface area contributed by atoms with E-state index in [1.807, 2.05) is 9.80 Å². The minimum atomic E-state index is 0.00266. The molecular formula is C16H29N3O2. The predicted octanol–water partition coefficient (Wildman–Crippen LogP) is 2.08. The highest BCUT2D eigenvalue weighted by molar-refractivity contribution is 5.80. The third-order valence-corrected chi connectivity index (χ3v) is 4.32. The lowest BCUT2D eigenvalue weighted by molar-refractivity contribution is -0.138. The number of nitrogens with one attached hydrogen (secondary N) is 1. The smallest absolute Gasteiger partial charge is 0.317 e. The molecule has 1 saturated heterocycles. The highest BCUT2D eigenvalue weighted by atomic mass is 16.2. The van der Waals surface area contributed by atoms with Crippen molar-refractivity contribution in [2.45, 2.75) is 46.5 Å². The number of rotatable bonds is 2. The predicted molar refractivity (Wildman–Crippen MR) is 83.0 cm³/mol. The van der Waals surface area contributed by atoms with E-state index in [1.165, 1.54) is 6.42 Å². The van der Waals surface area contributed by atoms with Gasteiger partial charge in [-0.15, -0.1) is 0 Å². The van der Waals surface area contributed by atoms with E-state index in [0.29, 0.717) is 25.5 Å². The average Bonchev–Trinajstić information content (AvgIpc) is 2.58. The van der Waals surface area contributed by atoms with Crippen LogP contribution in [-0.4, -0.2) is 54.5 Å². The quantitative estimate of drug-likeness (QED) is 0.848. The van der Waals surface area contributed by atoms with Crippen LogP contribution in [-0.2, 0) is 4.79 Å². The molecule has 1 saturated carbocycles. The van der Waals surface area contributed by atoms with Crippen LogP contribution in [0, 0.1) is 11.3 Å². The van der Waals surface area contributed by atoms with Crippen molar-refractivity contribution in [3.05, 3.63) is 0 Å². The molecule has 1 heterocycles. The molecule has 2 aliphatic rings. The van der Waals surface area contributed by atoms with E-state index in [-0.39, 0.29) is 17.4 Å². The van der Waals surface area contributed by atoms with Crippen molar-refractivity contribution in [2.75, 3.05) is 32.7 Å². The van der Waals surface area contributed by atoms with Crippen LogP contribution in [0.25, 0.3) is 0 Å². The zero-order valence-electron chi connectivity index (χ0n) is 13.7. The lowest BCUT2D eigenvalue weighted by Crippen LogP contribution is -2.45. The molecule has 0 aromatic heterocycles. The van der Waals surface area contributed by atoms with Gasteiger partial charge in [-0.2, -0.15) is 0 Å². The minimum Gasteiger partial charge on any atom is -0.341 e. The van der Waals surface area contributed by atoms with Crippen molar-refractivity contribution in [2.24, 2.45) is 11.3 Å². The van der Waals surface area contributed by atoms with Crippen molar-refractivity contribution in [1.82, 2.24) is 15.1 Å². The molecule has 21 heavy (non-hydrogen) atoms. The van der Waals surface area contributed by atoms with Gasteiger partial charge in [0.25, 0.3) is 0 Å². The van der Waals surface area contributed by atoms with Crippen LogP contribution < -0.4 is 5.32 Å². The zero-order chi connectivity index (χ0) is 15.5. The number of nitrogens with zero attached hydrogens (tertiary/aromatic N) is 2. The first-order chi connectivity index (χ1) is 9.87. The van der Waals surface area contributed by atoms with Crippen LogP contribution in [0.2, 0.25) is 0 Å². The van der Waals surface area contributed by atoms with E-state index in [0.717, 1.165) is 32.4 Å². The molecule has 1 aliphatic carbocycles. The summed E-state index contributed by atoms with van der Waals surface area (Å²) in [6.07, 6.45) is 4.16. The monoisotopic (exact) mass is 295 g/mol. The van der Waals surface area contributed by atoms with Crippen molar-refractivity contribution >= 4 is 11.9 Å². The maximum atomic E-state index is 12.3. The van der Waals surface area contributed by atoms with Gasteiger partial charge in [-0.1, -0.05) is 27.2 Å². The maximum absolute atomic E-state index is 12.3. The number of hydrogen-bond donors (Lipinski definition) is 1. The first-order valence-corrected chi connectivity index (χ1v) is 8.18. The summed E-state index contributed by atoms with van der Waals surface area (Å²) < 4.78 is 0. The van der Waals surface area contributed by atoms with Crippen LogP contribution in [0.15, 0.2) is 0 Å². The Hall–Kier alpha value is -1.26. The van der Waals surface area contributed by atoms with Gasteiger partial charge in [-0.3, -0.25) is 4.79 Å². The fourth-order valence-corrected chi connectivity index (χ4v) is 2.71. The summed E-state index contributed by atoms with van der Waals surface area (Å²) in [7, 11) is 0. The molecule has 0 aromatic carbocycles. The summed E-state index contributed by atoms with van der Waals surface area (Å²) in [6.45, 7) is 9.85. The molecule has 5 heteroatoms. The summed E-state index contributed by atoms with van der Waals surface area (Å²) in [5.41, 5.74) is 0.0910. The van der Waals surface area contributed by atoms with E-state index in [4.69, 9.17) is 0 Å². The van der Waals surface area contributed by atoms with Gasteiger partial charge in [0.2, 0.25) is 5.91 Å². The van der Waals surface area contributed by atoms with Gasteiger partial charge in [0.05, 0.1) is 0 Å². The average molecular weight is 295 g/mol. The van der Waals surface area contributed by atoms with E-state index < -0.39 is 0 Å². The van der Waals surface area contributed by atoms with Crippen LogP contribution in [0.5, 0.6) is 0 Å². The molecule has 0 bridgehead atoms. The van der Waals surface area contributed by atoms with Crippen molar-refractivity contribution in [1.29, 1.82) is 0 Å². The first-order valence-electron chi connectivity index (χ1n) is 8.18. The molecular weight excluding hydrogens is 266 g/mol. The Kier molecular flexibility index (Phi) is 5.12. The molecule has 0 unspecified atom stereocenters. The second-order valence-electron chi connectivity index (χ2n) is 7.51. The number of urea groups is 1. The number of hydrogen-bond acceptors (Lipinski definition) is 2. The number of amides is 3. The fraction of sp³-hybridized carbons (Fsp3) is 0.875. The third kappa shape index (κ3) is 4.61. The Morgan fingerprint density at radius 3 is 2.19 bits per heavy atom. The highest BCUT2D eigenvalue weighted by Crippen LogP contribution is 2.28. The third-order valence-electron chi connectivity index (χ3n) is 4.32. The summed E-state index contributed by atoms with van der Waals surface area (Å²) >= 11 is 0. The Morgan fingerprint density at radius 1 is 1.00 bits per heavy atom. The topological polar surface area (TPSA) is 52.7 Å². The molecule has 2 fully saturated rings. The highest BCUT2D eigenvalue weighted by Gasteiger charge is 2.30. The number of carbonyl (C=O) groups excluding carboxylic acids is 2. The van der Waals surface area contributed by atoms with Gasteiger partial charge in [-0.05, 0) is 24.7 Å². The van der Waals surface area contributed by atoms with E-state index in [2.05, 4.69) is 26.1 Å². The summed E-state index contributed by atoms with van der Waals surface area (Å²) in [6, 6.07) is 0.00266. The van der Waals surface area contributed by atoms with Crippen molar-refractivity contribution in [3.8, 4) is 0 Å². The second kappa shape index (κ2) is 6.67. The van der Waals surface area contributed by atoms with Crippen LogP contribution >= 0.6 is 0 Å². The molecule has 120 valence electrons. The van der Waals surface area contributed by atoms with Crippen LogP contribution in [0.4, 0.5) is 4.79 Å². The molecule has 0 atom stereocenters. The summed E-state index contributed by atoms with van der Waals surface area (Å²) in [5.74, 6) is 0.560. The first kappa shape index (κ1) is 16.1. The van der Waals surface area contributed by atoms with Gasteiger partial charge in [0, 0.05) is 38.6 Å². The van der Waals surface area contributed by atoms with Gasteiger partial charge in [-0.25, -0.2) is 4.79 Å². The largest absolute Gasteiger partial charge is 0.341 e. The van der Waals surface area contributed by atoms with Crippen LogP contribution in [0.1, 0.15) is 46.5 Å². The lowest BCUT2D eigenvalue weighted by Gasteiger charge is -2.31. The van der Waals surface area contributed by atoms with Gasteiger partial charge >= 0.3 is 6.03 Å². The molecule has 2 rings (SSSR count). The number of carbonyl (C=O) groups is 2. The van der Waals surface area contributed by atoms with E-state index >= 15 is 0 Å². The summed E-state index contributed by atoms with van der Waals surface area (Å²) in [4.78, 5) is 28.3. The lowest BCUT2D eigenvalue weighted by atomic mass is 9.84. The van der Waals surface area contributed by atoms with Crippen molar-refractivity contribution in [3.63, 3.8) is 0 Å². The Balaban J connectivity index is 1.79. The van der Waals surface area contributed by atoms with E-state index in [9.17, 15) is 9.59 Å². The molecule has 0 radical (unpaired) electrons. The Morgan fingerprint density at radius 2 is 1.62 bits per heavy atom. The normalized spacial score (nSPS) is 20.7.